The van der Waals surface area contributed by atoms with Crippen LogP contribution in [-0.2, 0) is 6.18 Å². The predicted octanol–water partition coefficient (Wildman–Crippen LogP) is 3.72. The Labute approximate surface area is 81.7 Å². The van der Waals surface area contributed by atoms with Gasteiger partial charge in [-0.15, -0.1) is 0 Å². The maximum atomic E-state index is 12.1. The molecule has 0 atom stereocenters. The Bertz CT molecular complexity index is 335. The molecule has 0 bridgehead atoms. The molecule has 13 heavy (non-hydrogen) atoms. The number of alkyl halides is 3. The van der Waals surface area contributed by atoms with Crippen molar-refractivity contribution in [1.82, 2.24) is 0 Å². The van der Waals surface area contributed by atoms with Crippen molar-refractivity contribution in [2.24, 2.45) is 0 Å². The second-order valence-corrected chi connectivity index (χ2v) is 3.04. The number of hydrogen-bond donors (Lipinski definition) is 1. The largest absolute Gasteiger partial charge is 0.505 e. The lowest BCUT2D eigenvalue weighted by molar-refractivity contribution is -0.137. The van der Waals surface area contributed by atoms with Gasteiger partial charge in [0.1, 0.15) is 0 Å². The smallest absolute Gasteiger partial charge is 0.417 e. The number of halogens is 5. The molecule has 1 N–H and O–H groups in total. The first kappa shape index (κ1) is 10.5. The van der Waals surface area contributed by atoms with E-state index < -0.39 is 22.5 Å². The lowest BCUT2D eigenvalue weighted by Gasteiger charge is -2.09. The fourth-order valence-electron chi connectivity index (χ4n) is 0.760. The van der Waals surface area contributed by atoms with Gasteiger partial charge in [0.2, 0.25) is 0 Å². The third-order valence-corrected chi connectivity index (χ3v) is 2.06. The summed E-state index contributed by atoms with van der Waals surface area (Å²) in [5, 5.41) is 8.00. The molecule has 0 aliphatic heterocycles. The molecule has 0 saturated heterocycles. The molecule has 72 valence electrons. The molecule has 0 heterocycles. The molecule has 0 unspecified atom stereocenters. The van der Waals surface area contributed by atoms with Crippen LogP contribution in [0.1, 0.15) is 5.56 Å². The molecule has 0 aromatic heterocycles. The van der Waals surface area contributed by atoms with E-state index in [0.29, 0.717) is 6.07 Å². The average molecular weight is 231 g/mol. The number of rotatable bonds is 0. The Kier molecular flexibility index (Phi) is 2.63. The highest BCUT2D eigenvalue weighted by Gasteiger charge is 2.34. The summed E-state index contributed by atoms with van der Waals surface area (Å²) >= 11 is 10.6. The Morgan fingerprint density at radius 1 is 1.15 bits per heavy atom. The highest BCUT2D eigenvalue weighted by Crippen LogP contribution is 2.41. The fraction of sp³-hybridized carbons (Fsp3) is 0.143. The maximum absolute atomic E-state index is 12.1. The summed E-state index contributed by atoms with van der Waals surface area (Å²) in [4.78, 5) is 0. The van der Waals surface area contributed by atoms with Crippen molar-refractivity contribution in [1.29, 1.82) is 0 Å². The Morgan fingerprint density at radius 2 is 1.69 bits per heavy atom. The molecule has 0 spiro atoms. The quantitative estimate of drug-likeness (QED) is 0.721. The fourth-order valence-corrected chi connectivity index (χ4v) is 1.24. The van der Waals surface area contributed by atoms with E-state index in [9.17, 15) is 13.2 Å². The molecule has 6 heteroatoms. The van der Waals surface area contributed by atoms with E-state index in [4.69, 9.17) is 28.3 Å². The average Bonchev–Trinajstić information content (AvgIpc) is 1.98. The van der Waals surface area contributed by atoms with E-state index in [0.717, 1.165) is 6.07 Å². The molecule has 1 nitrogen and oxygen atoms in total. The van der Waals surface area contributed by atoms with E-state index in [-0.39, 0.29) is 5.02 Å². The van der Waals surface area contributed by atoms with E-state index in [1.165, 1.54) is 0 Å². The maximum Gasteiger partial charge on any atom is 0.417 e. The van der Waals surface area contributed by atoms with Crippen molar-refractivity contribution in [3.8, 4) is 5.75 Å². The van der Waals surface area contributed by atoms with Gasteiger partial charge < -0.3 is 5.11 Å². The van der Waals surface area contributed by atoms with Crippen LogP contribution in [-0.4, -0.2) is 5.11 Å². The van der Waals surface area contributed by atoms with Crippen molar-refractivity contribution in [2.45, 2.75) is 6.18 Å². The van der Waals surface area contributed by atoms with Crippen LogP contribution in [0.3, 0.4) is 0 Å². The van der Waals surface area contributed by atoms with E-state index in [1.807, 2.05) is 0 Å². The number of hydrogen-bond acceptors (Lipinski definition) is 1. The lowest BCUT2D eigenvalue weighted by Crippen LogP contribution is -2.05. The molecule has 0 aliphatic carbocycles. The van der Waals surface area contributed by atoms with Gasteiger partial charge in [0.25, 0.3) is 0 Å². The predicted molar refractivity (Wildman–Crippen MR) is 43.1 cm³/mol. The molecule has 0 fully saturated rings. The summed E-state index contributed by atoms with van der Waals surface area (Å²) in [6.45, 7) is 0. The SMILES string of the molecule is Oc1c(Cl)ccc(C(F)(F)F)c1Cl. The molecule has 1 aromatic rings. The van der Waals surface area contributed by atoms with Crippen molar-refractivity contribution >= 4 is 23.2 Å². The van der Waals surface area contributed by atoms with Crippen LogP contribution in [0.15, 0.2) is 12.1 Å². The topological polar surface area (TPSA) is 20.2 Å². The van der Waals surface area contributed by atoms with Crippen molar-refractivity contribution in [3.05, 3.63) is 27.7 Å². The minimum Gasteiger partial charge on any atom is -0.505 e. The van der Waals surface area contributed by atoms with Crippen LogP contribution in [0.2, 0.25) is 10.0 Å². The zero-order valence-corrected chi connectivity index (χ0v) is 7.50. The molecular weight excluding hydrogens is 228 g/mol. The molecule has 1 aromatic carbocycles. The zero-order valence-electron chi connectivity index (χ0n) is 5.99. The van der Waals surface area contributed by atoms with Crippen LogP contribution in [0.5, 0.6) is 5.75 Å². The van der Waals surface area contributed by atoms with E-state index in [2.05, 4.69) is 0 Å². The first-order chi connectivity index (χ1) is 5.84. The zero-order chi connectivity index (χ0) is 10.2. The first-order valence-electron chi connectivity index (χ1n) is 3.08. The summed E-state index contributed by atoms with van der Waals surface area (Å²) in [6, 6.07) is 1.65. The number of benzene rings is 1. The van der Waals surface area contributed by atoms with Gasteiger partial charge in [-0.2, -0.15) is 13.2 Å². The van der Waals surface area contributed by atoms with E-state index in [1.54, 1.807) is 0 Å². The van der Waals surface area contributed by atoms with Gasteiger partial charge in [-0.25, -0.2) is 0 Å². The van der Waals surface area contributed by atoms with Gasteiger partial charge in [-0.3, -0.25) is 0 Å². The summed E-state index contributed by atoms with van der Waals surface area (Å²) in [5.74, 6) is -0.752. The van der Waals surface area contributed by atoms with Gasteiger partial charge in [0.15, 0.2) is 5.75 Å². The van der Waals surface area contributed by atoms with Crippen LogP contribution in [0.25, 0.3) is 0 Å². The van der Waals surface area contributed by atoms with Crippen molar-refractivity contribution < 1.29 is 18.3 Å². The molecule has 0 aliphatic rings. The molecule has 0 saturated carbocycles. The van der Waals surface area contributed by atoms with Crippen molar-refractivity contribution in [3.63, 3.8) is 0 Å². The summed E-state index contributed by atoms with van der Waals surface area (Å²) in [7, 11) is 0. The highest BCUT2D eigenvalue weighted by molar-refractivity contribution is 6.37. The third kappa shape index (κ3) is 2.00. The summed E-state index contributed by atoms with van der Waals surface area (Å²) in [6.07, 6.45) is -4.58. The van der Waals surface area contributed by atoms with Gasteiger partial charge >= 0.3 is 6.18 Å². The van der Waals surface area contributed by atoms with E-state index >= 15 is 0 Å². The molecule has 1 rings (SSSR count). The second kappa shape index (κ2) is 3.27. The second-order valence-electron chi connectivity index (χ2n) is 2.26. The van der Waals surface area contributed by atoms with Crippen molar-refractivity contribution in [2.75, 3.05) is 0 Å². The van der Waals surface area contributed by atoms with Gasteiger partial charge in [-0.05, 0) is 12.1 Å². The monoisotopic (exact) mass is 230 g/mol. The van der Waals surface area contributed by atoms with Crippen LogP contribution >= 0.6 is 23.2 Å². The van der Waals surface area contributed by atoms with Gasteiger partial charge in [0, 0.05) is 0 Å². The highest BCUT2D eigenvalue weighted by atomic mass is 35.5. The van der Waals surface area contributed by atoms with Gasteiger partial charge in [-0.1, -0.05) is 23.2 Å². The molecule has 0 amide bonds. The third-order valence-electron chi connectivity index (χ3n) is 1.37. The first-order valence-corrected chi connectivity index (χ1v) is 3.84. The minimum atomic E-state index is -4.58. The van der Waals surface area contributed by atoms with Crippen LogP contribution in [0.4, 0.5) is 13.2 Å². The number of phenols is 1. The standard InChI is InChI=1S/C7H3Cl2F3O/c8-4-2-1-3(7(10,11)12)5(9)6(4)13/h1-2,13H. The minimum absolute atomic E-state index is 0.210. The normalized spacial score (nSPS) is 11.8. The Balaban J connectivity index is 3.35. The number of aromatic hydroxyl groups is 1. The van der Waals surface area contributed by atoms with Gasteiger partial charge in [0.05, 0.1) is 15.6 Å². The van der Waals surface area contributed by atoms with Crippen LogP contribution in [0, 0.1) is 0 Å². The Hall–Kier alpha value is -0.610. The van der Waals surface area contributed by atoms with Crippen LogP contribution < -0.4 is 0 Å². The summed E-state index contributed by atoms with van der Waals surface area (Å²) < 4.78 is 36.4. The summed E-state index contributed by atoms with van der Waals surface area (Å²) in [5.41, 5.74) is -1.10. The Morgan fingerprint density at radius 3 is 2.15 bits per heavy atom. The molecular formula is C7H3Cl2F3O. The molecule has 0 radical (unpaired) electrons. The lowest BCUT2D eigenvalue weighted by atomic mass is 10.2. The number of phenolic OH excluding ortho intramolecular Hbond substituents is 1.